The first kappa shape index (κ1) is 14.5. The molecule has 1 fully saturated rings. The Balaban J connectivity index is 2.24. The van der Waals surface area contributed by atoms with Crippen LogP contribution in [0.3, 0.4) is 0 Å². The molecule has 1 heterocycles. The zero-order chi connectivity index (χ0) is 14.0. The third-order valence-corrected chi connectivity index (χ3v) is 4.50. The smallest absolute Gasteiger partial charge is 0.325 e. The molecule has 1 aromatic rings. The van der Waals surface area contributed by atoms with E-state index in [2.05, 4.69) is 27.9 Å². The summed E-state index contributed by atoms with van der Waals surface area (Å²) < 4.78 is 0.963. The second-order valence-electron chi connectivity index (χ2n) is 5.09. The standard InChI is InChI=1S/C14H19BrN2O2/c1-10-3-4-11(9-12(10)15)13(14(18)19)17-7-5-16(2)6-8-17/h3-4,9,13H,5-8H2,1-2H3,(H,18,19). The van der Waals surface area contributed by atoms with Gasteiger partial charge >= 0.3 is 5.97 Å². The molecule has 0 aromatic heterocycles. The highest BCUT2D eigenvalue weighted by Crippen LogP contribution is 2.26. The van der Waals surface area contributed by atoms with Crippen molar-refractivity contribution in [1.29, 1.82) is 0 Å². The SMILES string of the molecule is Cc1ccc(C(C(=O)O)N2CCN(C)CC2)cc1Br. The van der Waals surface area contributed by atoms with Crippen molar-refractivity contribution in [2.24, 2.45) is 0 Å². The van der Waals surface area contributed by atoms with Gasteiger partial charge in [-0.15, -0.1) is 0 Å². The summed E-state index contributed by atoms with van der Waals surface area (Å²) in [7, 11) is 2.07. The summed E-state index contributed by atoms with van der Waals surface area (Å²) in [5, 5.41) is 9.53. The van der Waals surface area contributed by atoms with Crippen LogP contribution in [0.2, 0.25) is 0 Å². The Morgan fingerprint density at radius 3 is 2.47 bits per heavy atom. The average molecular weight is 327 g/mol. The van der Waals surface area contributed by atoms with Crippen molar-refractivity contribution in [2.75, 3.05) is 33.2 Å². The van der Waals surface area contributed by atoms with E-state index < -0.39 is 12.0 Å². The molecule has 1 saturated heterocycles. The van der Waals surface area contributed by atoms with Crippen LogP contribution in [0.5, 0.6) is 0 Å². The molecule has 0 spiro atoms. The third kappa shape index (κ3) is 3.35. The normalized spacial score (nSPS) is 19.3. The predicted octanol–water partition coefficient (Wildman–Crippen LogP) is 2.13. The van der Waals surface area contributed by atoms with Crippen molar-refractivity contribution in [2.45, 2.75) is 13.0 Å². The minimum absolute atomic E-state index is 0.550. The summed E-state index contributed by atoms with van der Waals surface area (Å²) in [6.45, 7) is 5.41. The number of aryl methyl sites for hydroxylation is 1. The van der Waals surface area contributed by atoms with E-state index in [9.17, 15) is 9.90 Å². The highest BCUT2D eigenvalue weighted by atomic mass is 79.9. The Hall–Kier alpha value is -0.910. The second kappa shape index (κ2) is 6.03. The summed E-state index contributed by atoms with van der Waals surface area (Å²) in [5.41, 5.74) is 1.96. The van der Waals surface area contributed by atoms with E-state index in [1.807, 2.05) is 30.0 Å². The molecule has 0 saturated carbocycles. The minimum Gasteiger partial charge on any atom is -0.480 e. The van der Waals surface area contributed by atoms with Crippen molar-refractivity contribution in [3.8, 4) is 0 Å². The summed E-state index contributed by atoms with van der Waals surface area (Å²) in [5.74, 6) is -0.777. The highest BCUT2D eigenvalue weighted by Gasteiger charge is 2.29. The number of benzene rings is 1. The van der Waals surface area contributed by atoms with E-state index in [0.717, 1.165) is 41.8 Å². The molecule has 2 rings (SSSR count). The first-order chi connectivity index (χ1) is 8.99. The average Bonchev–Trinajstić information content (AvgIpc) is 2.36. The van der Waals surface area contributed by atoms with Gasteiger partial charge in [0.2, 0.25) is 0 Å². The fourth-order valence-corrected chi connectivity index (χ4v) is 2.77. The molecule has 1 unspecified atom stereocenters. The summed E-state index contributed by atoms with van der Waals surface area (Å²) >= 11 is 3.48. The predicted molar refractivity (Wildman–Crippen MR) is 78.3 cm³/mol. The molecule has 0 bridgehead atoms. The summed E-state index contributed by atoms with van der Waals surface area (Å²) in [4.78, 5) is 15.9. The first-order valence-corrected chi connectivity index (χ1v) is 7.20. The van der Waals surface area contributed by atoms with Crippen LogP contribution in [-0.2, 0) is 4.79 Å². The number of carboxylic acids is 1. The van der Waals surface area contributed by atoms with Crippen molar-refractivity contribution in [1.82, 2.24) is 9.80 Å². The molecule has 1 aromatic carbocycles. The van der Waals surface area contributed by atoms with Gasteiger partial charge in [-0.3, -0.25) is 9.69 Å². The lowest BCUT2D eigenvalue weighted by molar-refractivity contribution is -0.144. The van der Waals surface area contributed by atoms with Gasteiger partial charge in [-0.05, 0) is 31.2 Å². The maximum Gasteiger partial charge on any atom is 0.325 e. The van der Waals surface area contributed by atoms with Crippen molar-refractivity contribution >= 4 is 21.9 Å². The molecular formula is C14H19BrN2O2. The zero-order valence-corrected chi connectivity index (χ0v) is 12.9. The van der Waals surface area contributed by atoms with Crippen LogP contribution in [-0.4, -0.2) is 54.1 Å². The zero-order valence-electron chi connectivity index (χ0n) is 11.3. The Kier molecular flexibility index (Phi) is 4.60. The van der Waals surface area contributed by atoms with Gasteiger partial charge in [-0.1, -0.05) is 28.1 Å². The number of carbonyl (C=O) groups is 1. The van der Waals surface area contributed by atoms with Gasteiger partial charge in [0.25, 0.3) is 0 Å². The number of piperazine rings is 1. The molecule has 4 nitrogen and oxygen atoms in total. The monoisotopic (exact) mass is 326 g/mol. The van der Waals surface area contributed by atoms with E-state index in [-0.39, 0.29) is 0 Å². The van der Waals surface area contributed by atoms with E-state index in [0.29, 0.717) is 0 Å². The molecule has 0 aliphatic carbocycles. The molecule has 0 radical (unpaired) electrons. The highest BCUT2D eigenvalue weighted by molar-refractivity contribution is 9.10. The Labute approximate surface area is 122 Å². The second-order valence-corrected chi connectivity index (χ2v) is 5.94. The summed E-state index contributed by atoms with van der Waals surface area (Å²) in [6.07, 6.45) is 0. The van der Waals surface area contributed by atoms with Gasteiger partial charge in [0, 0.05) is 30.7 Å². The number of rotatable bonds is 3. The maximum absolute atomic E-state index is 11.6. The number of hydrogen-bond acceptors (Lipinski definition) is 3. The maximum atomic E-state index is 11.6. The van der Waals surface area contributed by atoms with Gasteiger partial charge in [0.05, 0.1) is 0 Å². The van der Waals surface area contributed by atoms with Gasteiger partial charge in [-0.2, -0.15) is 0 Å². The molecular weight excluding hydrogens is 308 g/mol. The van der Waals surface area contributed by atoms with E-state index in [1.165, 1.54) is 0 Å². The lowest BCUT2D eigenvalue weighted by atomic mass is 10.0. The van der Waals surface area contributed by atoms with E-state index >= 15 is 0 Å². The number of likely N-dealkylation sites (N-methyl/N-ethyl adjacent to an activating group) is 1. The number of halogens is 1. The van der Waals surface area contributed by atoms with Crippen LogP contribution in [0, 0.1) is 6.92 Å². The van der Waals surface area contributed by atoms with Gasteiger partial charge in [0.1, 0.15) is 6.04 Å². The number of hydrogen-bond donors (Lipinski definition) is 1. The van der Waals surface area contributed by atoms with E-state index in [1.54, 1.807) is 0 Å². The van der Waals surface area contributed by atoms with Gasteiger partial charge in [0.15, 0.2) is 0 Å². The van der Waals surface area contributed by atoms with Crippen molar-refractivity contribution < 1.29 is 9.90 Å². The van der Waals surface area contributed by atoms with Crippen LogP contribution in [0.25, 0.3) is 0 Å². The Morgan fingerprint density at radius 1 is 1.32 bits per heavy atom. The number of aliphatic carboxylic acids is 1. The molecule has 104 valence electrons. The van der Waals surface area contributed by atoms with Crippen LogP contribution in [0.4, 0.5) is 0 Å². The van der Waals surface area contributed by atoms with Crippen LogP contribution in [0.15, 0.2) is 22.7 Å². The quantitative estimate of drug-likeness (QED) is 0.924. The molecule has 1 atom stereocenters. The number of carboxylic acid groups (broad SMARTS) is 1. The first-order valence-electron chi connectivity index (χ1n) is 6.40. The van der Waals surface area contributed by atoms with Gasteiger partial charge in [-0.25, -0.2) is 0 Å². The number of nitrogens with zero attached hydrogens (tertiary/aromatic N) is 2. The third-order valence-electron chi connectivity index (χ3n) is 3.65. The molecule has 0 amide bonds. The fourth-order valence-electron chi connectivity index (χ4n) is 2.37. The summed E-state index contributed by atoms with van der Waals surface area (Å²) in [6, 6.07) is 5.25. The Bertz CT molecular complexity index is 471. The Morgan fingerprint density at radius 2 is 1.95 bits per heavy atom. The lowest BCUT2D eigenvalue weighted by Crippen LogP contribution is -2.47. The lowest BCUT2D eigenvalue weighted by Gasteiger charge is -2.36. The van der Waals surface area contributed by atoms with Gasteiger partial charge < -0.3 is 10.0 Å². The van der Waals surface area contributed by atoms with Crippen LogP contribution >= 0.6 is 15.9 Å². The largest absolute Gasteiger partial charge is 0.480 e. The van der Waals surface area contributed by atoms with Crippen LogP contribution in [0.1, 0.15) is 17.2 Å². The van der Waals surface area contributed by atoms with Crippen molar-refractivity contribution in [3.63, 3.8) is 0 Å². The fraction of sp³-hybridized carbons (Fsp3) is 0.500. The molecule has 1 aliphatic heterocycles. The van der Waals surface area contributed by atoms with E-state index in [4.69, 9.17) is 0 Å². The molecule has 1 aliphatic rings. The van der Waals surface area contributed by atoms with Crippen LogP contribution < -0.4 is 0 Å². The molecule has 19 heavy (non-hydrogen) atoms. The molecule has 1 N–H and O–H groups in total. The van der Waals surface area contributed by atoms with Crippen molar-refractivity contribution in [3.05, 3.63) is 33.8 Å². The molecule has 5 heteroatoms. The minimum atomic E-state index is -0.777. The topological polar surface area (TPSA) is 43.8 Å².